The second-order valence-electron chi connectivity index (χ2n) is 10.7. The number of likely N-dealkylation sites (tertiary alicyclic amines) is 1. The van der Waals surface area contributed by atoms with Crippen LogP contribution in [0.2, 0.25) is 0 Å². The normalized spacial score (nSPS) is 13.7. The largest absolute Gasteiger partial charge is 0.412 e. The number of benzene rings is 3. The van der Waals surface area contributed by atoms with Gasteiger partial charge in [0.25, 0.3) is 10.1 Å². The first-order chi connectivity index (χ1) is 19.8. The summed E-state index contributed by atoms with van der Waals surface area (Å²) in [4.78, 5) is 7.34. The fourth-order valence-corrected chi connectivity index (χ4v) is 6.52. The van der Waals surface area contributed by atoms with E-state index in [0.29, 0.717) is 29.2 Å². The van der Waals surface area contributed by atoms with Gasteiger partial charge in [-0.1, -0.05) is 24.3 Å². The molecule has 43 heavy (non-hydrogen) atoms. The van der Waals surface area contributed by atoms with E-state index >= 15 is 0 Å². The minimum atomic E-state index is -3.67. The molecule has 0 saturated carbocycles. The van der Waals surface area contributed by atoms with E-state index in [0.717, 1.165) is 41.8 Å². The maximum atomic E-state index is 12.9. The number of rotatable bonds is 8. The maximum Gasteiger partial charge on any atom is 0.261 e. The quantitative estimate of drug-likeness (QED) is 0.267. The molecule has 5 rings (SSSR count). The van der Waals surface area contributed by atoms with Crippen LogP contribution >= 0.6 is 0 Å². The topological polar surface area (TPSA) is 174 Å². The highest BCUT2D eigenvalue weighted by molar-refractivity contribution is 7.91. The van der Waals surface area contributed by atoms with Gasteiger partial charge in [-0.3, -0.25) is 4.55 Å². The van der Waals surface area contributed by atoms with Crippen LogP contribution in [-0.2, 0) is 20.0 Å². The third-order valence-electron chi connectivity index (χ3n) is 7.06. The molecule has 1 fully saturated rings. The van der Waals surface area contributed by atoms with Crippen LogP contribution < -0.4 is 5.32 Å². The van der Waals surface area contributed by atoms with Gasteiger partial charge in [-0.15, -0.1) is 10.2 Å². The number of fused-ring (bicyclic) bond motifs is 1. The molecule has 1 aliphatic rings. The van der Waals surface area contributed by atoms with Crippen molar-refractivity contribution >= 4 is 42.6 Å². The average Bonchev–Trinajstić information content (AvgIpc) is 3.42. The molecule has 4 N–H and O–H groups in total. The number of nitrogens with zero attached hydrogens (tertiary/aromatic N) is 4. The number of nitrogens with one attached hydrogen (secondary N) is 1. The van der Waals surface area contributed by atoms with Crippen LogP contribution in [0.15, 0.2) is 59.5 Å². The van der Waals surface area contributed by atoms with Crippen molar-refractivity contribution in [2.24, 2.45) is 0 Å². The zero-order valence-corrected chi connectivity index (χ0v) is 26.5. The Balaban J connectivity index is 0.000000781. The van der Waals surface area contributed by atoms with Gasteiger partial charge in [-0.25, -0.2) is 13.4 Å². The second-order valence-corrected chi connectivity index (χ2v) is 14.2. The van der Waals surface area contributed by atoms with Gasteiger partial charge in [-0.05, 0) is 118 Å². The number of hydrogen-bond acceptors (Lipinski definition) is 9. The molecule has 3 aromatic carbocycles. The monoisotopic (exact) mass is 629 g/mol. The molecule has 1 aromatic heterocycles. The summed E-state index contributed by atoms with van der Waals surface area (Å²) in [6.07, 6.45) is 3.77. The predicted octanol–water partition coefficient (Wildman–Crippen LogP) is 4.30. The minimum Gasteiger partial charge on any atom is -0.412 e. The fraction of sp³-hybridized carbons (Fsp3) is 0.367. The van der Waals surface area contributed by atoms with E-state index in [9.17, 15) is 16.8 Å². The Bertz CT molecular complexity index is 1760. The predicted molar refractivity (Wildman–Crippen MR) is 170 cm³/mol. The summed E-state index contributed by atoms with van der Waals surface area (Å²) in [5.74, 6) is 0.474. The Kier molecular flexibility index (Phi) is 11.3. The standard InChI is InChI=1S/C29H33N5O2S.CH4O3S.H2O/c1-20-9-6-10-21(2)27(20)23-17-22(3)28-26(18-23)32-33-29(31-28)30-24-11-7-12-25(19-24)37(35,36)16-8-15-34-13-4-5-14-34;1-5(2,3)4;/h6-7,9-12,17-19H,4-5,8,13-16H2,1-3H3,(H,30,31,33);1H3,(H,2,3,4);1H2. The Morgan fingerprint density at radius 2 is 1.51 bits per heavy atom. The van der Waals surface area contributed by atoms with Gasteiger partial charge in [0, 0.05) is 5.69 Å². The summed E-state index contributed by atoms with van der Waals surface area (Å²) < 4.78 is 51.7. The number of hydrogen-bond donors (Lipinski definition) is 2. The molecule has 0 spiro atoms. The summed E-state index contributed by atoms with van der Waals surface area (Å²) in [6.45, 7) is 9.23. The van der Waals surface area contributed by atoms with E-state index in [2.05, 4.69) is 58.5 Å². The highest BCUT2D eigenvalue weighted by Crippen LogP contribution is 2.31. The Morgan fingerprint density at radius 3 is 2.16 bits per heavy atom. The molecule has 0 bridgehead atoms. The summed E-state index contributed by atoms with van der Waals surface area (Å²) in [6, 6.07) is 17.3. The van der Waals surface area contributed by atoms with E-state index in [1.54, 1.807) is 18.2 Å². The molecule has 2 heterocycles. The summed E-state index contributed by atoms with van der Waals surface area (Å²) >= 11 is 0. The van der Waals surface area contributed by atoms with Gasteiger partial charge in [0.2, 0.25) is 5.95 Å². The highest BCUT2D eigenvalue weighted by atomic mass is 32.2. The van der Waals surface area contributed by atoms with Crippen LogP contribution in [0.4, 0.5) is 11.6 Å². The van der Waals surface area contributed by atoms with Crippen LogP contribution in [0.25, 0.3) is 22.2 Å². The van der Waals surface area contributed by atoms with Gasteiger partial charge >= 0.3 is 0 Å². The van der Waals surface area contributed by atoms with Crippen molar-refractivity contribution in [3.8, 4) is 11.1 Å². The zero-order valence-electron chi connectivity index (χ0n) is 24.8. The summed E-state index contributed by atoms with van der Waals surface area (Å²) in [7, 11) is -7.04. The molecule has 232 valence electrons. The number of anilines is 2. The highest BCUT2D eigenvalue weighted by Gasteiger charge is 2.18. The first-order valence-corrected chi connectivity index (χ1v) is 17.3. The fourth-order valence-electron chi connectivity index (χ4n) is 5.18. The number of aryl methyl sites for hydroxylation is 3. The Morgan fingerprint density at radius 1 is 0.884 bits per heavy atom. The molecule has 11 nitrogen and oxygen atoms in total. The molecule has 4 aromatic rings. The molecule has 0 radical (unpaired) electrons. The van der Waals surface area contributed by atoms with Crippen molar-refractivity contribution < 1.29 is 26.9 Å². The van der Waals surface area contributed by atoms with E-state index in [1.165, 1.54) is 29.5 Å². The molecule has 0 unspecified atom stereocenters. The van der Waals surface area contributed by atoms with Crippen molar-refractivity contribution in [2.75, 3.05) is 37.0 Å². The van der Waals surface area contributed by atoms with Crippen molar-refractivity contribution in [3.63, 3.8) is 0 Å². The van der Waals surface area contributed by atoms with E-state index < -0.39 is 20.0 Å². The van der Waals surface area contributed by atoms with Crippen LogP contribution in [0, 0.1) is 20.8 Å². The van der Waals surface area contributed by atoms with E-state index in [-0.39, 0.29) is 11.2 Å². The average molecular weight is 630 g/mol. The minimum absolute atomic E-state index is 0. The van der Waals surface area contributed by atoms with E-state index in [4.69, 9.17) is 9.54 Å². The second kappa shape index (κ2) is 14.3. The third-order valence-corrected chi connectivity index (χ3v) is 8.85. The molecule has 0 aliphatic carbocycles. The molecular weight excluding hydrogens is 590 g/mol. The lowest BCUT2D eigenvalue weighted by Crippen LogP contribution is -2.22. The molecule has 0 atom stereocenters. The van der Waals surface area contributed by atoms with E-state index in [1.807, 2.05) is 19.1 Å². The van der Waals surface area contributed by atoms with Crippen molar-refractivity contribution in [3.05, 3.63) is 71.3 Å². The van der Waals surface area contributed by atoms with Gasteiger partial charge in [-0.2, -0.15) is 8.42 Å². The van der Waals surface area contributed by atoms with Crippen LogP contribution in [0.5, 0.6) is 0 Å². The lowest BCUT2D eigenvalue weighted by atomic mass is 9.94. The number of sulfone groups is 1. The van der Waals surface area contributed by atoms with Crippen LogP contribution in [0.1, 0.15) is 36.0 Å². The zero-order chi connectivity index (χ0) is 30.5. The van der Waals surface area contributed by atoms with Crippen LogP contribution in [-0.4, -0.2) is 78.6 Å². The summed E-state index contributed by atoms with van der Waals surface area (Å²) in [5, 5.41) is 11.9. The third kappa shape index (κ3) is 9.50. The van der Waals surface area contributed by atoms with Gasteiger partial charge < -0.3 is 15.7 Å². The summed E-state index contributed by atoms with van der Waals surface area (Å²) in [5.41, 5.74) is 7.83. The first kappa shape index (κ1) is 34.0. The van der Waals surface area contributed by atoms with Gasteiger partial charge in [0.15, 0.2) is 9.84 Å². The first-order valence-electron chi connectivity index (χ1n) is 13.8. The van der Waals surface area contributed by atoms with Gasteiger partial charge in [0.05, 0.1) is 22.4 Å². The van der Waals surface area contributed by atoms with Crippen LogP contribution in [0.3, 0.4) is 0 Å². The van der Waals surface area contributed by atoms with Crippen molar-refractivity contribution in [1.82, 2.24) is 20.1 Å². The molecular formula is C30H39N5O6S2. The lowest BCUT2D eigenvalue weighted by Gasteiger charge is -2.14. The molecule has 13 heteroatoms. The number of aromatic nitrogens is 3. The van der Waals surface area contributed by atoms with Crippen molar-refractivity contribution in [2.45, 2.75) is 44.9 Å². The van der Waals surface area contributed by atoms with Gasteiger partial charge in [0.1, 0.15) is 5.52 Å². The maximum absolute atomic E-state index is 12.9. The Hall–Kier alpha value is -3.49. The molecule has 0 amide bonds. The smallest absolute Gasteiger partial charge is 0.261 e. The van der Waals surface area contributed by atoms with Crippen molar-refractivity contribution in [1.29, 1.82) is 0 Å². The molecule has 1 aliphatic heterocycles. The lowest BCUT2D eigenvalue weighted by molar-refractivity contribution is 0.340. The molecule has 1 saturated heterocycles. The Labute approximate surface area is 253 Å². The SMILES string of the molecule is CS(=O)(=O)O.Cc1cccc(C)c1-c1cc(C)c2nc(Nc3cccc(S(=O)(=O)CCCN4CCCC4)c3)nnc2c1.O.